The maximum atomic E-state index is 13.2. The first-order valence-corrected chi connectivity index (χ1v) is 8.10. The number of hydrogen-bond acceptors (Lipinski definition) is 4. The lowest BCUT2D eigenvalue weighted by atomic mass is 9.96. The first-order chi connectivity index (χ1) is 11.3. The highest BCUT2D eigenvalue weighted by molar-refractivity contribution is 5.75. The highest BCUT2D eigenvalue weighted by Gasteiger charge is 2.20. The third-order valence-electron chi connectivity index (χ3n) is 3.65. The van der Waals surface area contributed by atoms with Crippen LogP contribution in [0.2, 0.25) is 0 Å². The molecule has 0 atom stereocenters. The summed E-state index contributed by atoms with van der Waals surface area (Å²) in [4.78, 5) is 16.2. The maximum absolute atomic E-state index is 13.2. The van der Waals surface area contributed by atoms with Gasteiger partial charge >= 0.3 is 0 Å². The third-order valence-corrected chi connectivity index (χ3v) is 3.65. The molecule has 1 aromatic heterocycles. The Kier molecular flexibility index (Phi) is 5.70. The van der Waals surface area contributed by atoms with E-state index in [1.54, 1.807) is 19.1 Å². The van der Waals surface area contributed by atoms with Gasteiger partial charge in [0.15, 0.2) is 5.82 Å². The highest BCUT2D eigenvalue weighted by Crippen LogP contribution is 2.18. The molecule has 0 spiro atoms. The van der Waals surface area contributed by atoms with Crippen LogP contribution in [0.5, 0.6) is 0 Å². The second-order valence-electron chi connectivity index (χ2n) is 6.98. The van der Waals surface area contributed by atoms with E-state index in [2.05, 4.69) is 15.5 Å². The molecule has 0 saturated heterocycles. The summed E-state index contributed by atoms with van der Waals surface area (Å²) in [5.41, 5.74) is 1.31. The third kappa shape index (κ3) is 5.15. The summed E-state index contributed by atoms with van der Waals surface area (Å²) < 4.78 is 18.4. The molecule has 0 bridgehead atoms. The topological polar surface area (TPSA) is 68.0 Å². The van der Waals surface area contributed by atoms with Gasteiger partial charge in [0.05, 0.1) is 0 Å². The van der Waals surface area contributed by atoms with E-state index in [0.29, 0.717) is 43.1 Å². The van der Waals surface area contributed by atoms with E-state index in [1.165, 1.54) is 6.07 Å². The lowest BCUT2D eigenvalue weighted by Gasteiger charge is -2.10. The number of nitrogens with zero attached hydrogens (tertiary/aromatic N) is 2. The fourth-order valence-corrected chi connectivity index (χ4v) is 2.17. The maximum Gasteiger partial charge on any atom is 0.226 e. The van der Waals surface area contributed by atoms with E-state index < -0.39 is 0 Å². The zero-order valence-corrected chi connectivity index (χ0v) is 14.6. The van der Waals surface area contributed by atoms with E-state index in [0.717, 1.165) is 5.56 Å². The average molecular weight is 333 g/mol. The molecular formula is C18H24FN3O2. The Morgan fingerprint density at radius 3 is 2.71 bits per heavy atom. The lowest BCUT2D eigenvalue weighted by Crippen LogP contribution is -2.22. The van der Waals surface area contributed by atoms with Gasteiger partial charge in [-0.25, -0.2) is 4.39 Å². The first kappa shape index (κ1) is 18.1. The molecule has 2 aromatic rings. The van der Waals surface area contributed by atoms with Crippen molar-refractivity contribution in [3.8, 4) is 0 Å². The van der Waals surface area contributed by atoms with Gasteiger partial charge in [-0.1, -0.05) is 38.1 Å². The summed E-state index contributed by atoms with van der Waals surface area (Å²) in [6.07, 6.45) is 1.60. The number of aromatic nitrogens is 2. The predicted octanol–water partition coefficient (Wildman–Crippen LogP) is 3.45. The lowest BCUT2D eigenvalue weighted by molar-refractivity contribution is -0.121. The van der Waals surface area contributed by atoms with Crippen LogP contribution in [-0.4, -0.2) is 16.0 Å². The molecule has 24 heavy (non-hydrogen) atoms. The van der Waals surface area contributed by atoms with Crippen LogP contribution in [0, 0.1) is 12.7 Å². The quantitative estimate of drug-likeness (QED) is 0.879. The van der Waals surface area contributed by atoms with E-state index in [-0.39, 0.29) is 17.1 Å². The smallest absolute Gasteiger partial charge is 0.226 e. The zero-order valence-electron chi connectivity index (χ0n) is 14.6. The van der Waals surface area contributed by atoms with E-state index >= 15 is 0 Å². The van der Waals surface area contributed by atoms with Crippen LogP contribution >= 0.6 is 0 Å². The van der Waals surface area contributed by atoms with Crippen molar-refractivity contribution in [1.29, 1.82) is 0 Å². The number of amides is 1. The predicted molar refractivity (Wildman–Crippen MR) is 88.9 cm³/mol. The van der Waals surface area contributed by atoms with Crippen LogP contribution in [-0.2, 0) is 23.2 Å². The number of carbonyl (C=O) groups is 1. The van der Waals surface area contributed by atoms with Gasteiger partial charge in [0.25, 0.3) is 0 Å². The Morgan fingerprint density at radius 2 is 2.08 bits per heavy atom. The van der Waals surface area contributed by atoms with Crippen LogP contribution in [0.4, 0.5) is 4.39 Å². The summed E-state index contributed by atoms with van der Waals surface area (Å²) in [5, 5.41) is 6.79. The number of aryl methyl sites for hydroxylation is 2. The Bertz CT molecular complexity index is 705. The second kappa shape index (κ2) is 7.55. The minimum atomic E-state index is -0.237. The number of rotatable bonds is 6. The molecule has 1 aromatic carbocycles. The van der Waals surface area contributed by atoms with Gasteiger partial charge in [-0.15, -0.1) is 0 Å². The van der Waals surface area contributed by atoms with Gasteiger partial charge in [-0.3, -0.25) is 4.79 Å². The van der Waals surface area contributed by atoms with Crippen LogP contribution in [0.25, 0.3) is 0 Å². The minimum absolute atomic E-state index is 0.0486. The summed E-state index contributed by atoms with van der Waals surface area (Å²) in [5.74, 6) is 0.947. The molecule has 0 aliphatic rings. The van der Waals surface area contributed by atoms with Crippen molar-refractivity contribution in [2.24, 2.45) is 0 Å². The number of nitrogens with one attached hydrogen (secondary N) is 1. The van der Waals surface area contributed by atoms with Crippen molar-refractivity contribution in [3.63, 3.8) is 0 Å². The van der Waals surface area contributed by atoms with Gasteiger partial charge in [0.1, 0.15) is 5.82 Å². The van der Waals surface area contributed by atoms with Crippen LogP contribution in [0.3, 0.4) is 0 Å². The molecule has 5 nitrogen and oxygen atoms in total. The normalized spacial score (nSPS) is 11.5. The molecule has 0 aliphatic heterocycles. The van der Waals surface area contributed by atoms with E-state index in [9.17, 15) is 9.18 Å². The molecule has 0 saturated carbocycles. The minimum Gasteiger partial charge on any atom is -0.352 e. The highest BCUT2D eigenvalue weighted by atomic mass is 19.1. The standard InChI is InChI=1S/C18H24FN3O2/c1-12-10-13(8-9-14(12)19)11-20-15(23)6-5-7-16-21-17(22-24-16)18(2,3)4/h8-10H,5-7,11H2,1-4H3,(H,20,23). The monoisotopic (exact) mass is 333 g/mol. The molecule has 130 valence electrons. The van der Waals surface area contributed by atoms with Crippen molar-refractivity contribution in [1.82, 2.24) is 15.5 Å². The van der Waals surface area contributed by atoms with Crippen molar-refractivity contribution in [3.05, 3.63) is 46.9 Å². The van der Waals surface area contributed by atoms with Gasteiger partial charge in [-0.05, 0) is 30.5 Å². The average Bonchev–Trinajstić information content (AvgIpc) is 2.97. The molecule has 0 unspecified atom stereocenters. The van der Waals surface area contributed by atoms with Crippen LogP contribution in [0.1, 0.15) is 56.5 Å². The fourth-order valence-electron chi connectivity index (χ4n) is 2.17. The number of benzene rings is 1. The Labute approximate surface area is 141 Å². The van der Waals surface area contributed by atoms with Gasteiger partial charge in [0.2, 0.25) is 11.8 Å². The molecule has 1 N–H and O–H groups in total. The SMILES string of the molecule is Cc1cc(CNC(=O)CCCc2nc(C(C)(C)C)no2)ccc1F. The van der Waals surface area contributed by atoms with Crippen molar-refractivity contribution < 1.29 is 13.7 Å². The molecule has 1 amide bonds. The summed E-state index contributed by atoms with van der Waals surface area (Å²) in [6.45, 7) is 8.16. The number of carbonyl (C=O) groups excluding carboxylic acids is 1. The largest absolute Gasteiger partial charge is 0.352 e. The van der Waals surface area contributed by atoms with Crippen molar-refractivity contribution >= 4 is 5.91 Å². The summed E-state index contributed by atoms with van der Waals surface area (Å²) in [6, 6.07) is 4.83. The summed E-state index contributed by atoms with van der Waals surface area (Å²) in [7, 11) is 0. The Balaban J connectivity index is 1.73. The molecule has 6 heteroatoms. The molecular weight excluding hydrogens is 309 g/mol. The van der Waals surface area contributed by atoms with E-state index in [4.69, 9.17) is 4.52 Å². The zero-order chi connectivity index (χ0) is 17.7. The van der Waals surface area contributed by atoms with Crippen molar-refractivity contribution in [2.45, 2.75) is 58.9 Å². The Morgan fingerprint density at radius 1 is 1.33 bits per heavy atom. The Hall–Kier alpha value is -2.24. The molecule has 2 rings (SSSR count). The van der Waals surface area contributed by atoms with E-state index in [1.807, 2.05) is 20.8 Å². The molecule has 0 fully saturated rings. The molecule has 0 aliphatic carbocycles. The second-order valence-corrected chi connectivity index (χ2v) is 6.98. The van der Waals surface area contributed by atoms with Gasteiger partial charge in [0, 0.05) is 24.8 Å². The number of halogens is 1. The van der Waals surface area contributed by atoms with Gasteiger partial charge in [-0.2, -0.15) is 4.98 Å². The van der Waals surface area contributed by atoms with Crippen LogP contribution < -0.4 is 5.32 Å². The first-order valence-electron chi connectivity index (χ1n) is 8.10. The van der Waals surface area contributed by atoms with Crippen molar-refractivity contribution in [2.75, 3.05) is 0 Å². The summed E-state index contributed by atoms with van der Waals surface area (Å²) >= 11 is 0. The van der Waals surface area contributed by atoms with Gasteiger partial charge < -0.3 is 9.84 Å². The molecule has 0 radical (unpaired) electrons. The van der Waals surface area contributed by atoms with Crippen LogP contribution in [0.15, 0.2) is 22.7 Å². The fraction of sp³-hybridized carbons (Fsp3) is 0.500. The number of hydrogen-bond donors (Lipinski definition) is 1. The molecule has 1 heterocycles.